The standard InChI is InChI=1S/C15H21ClN2/c1-18-7-5-13(10-18)14-3-2-11(8-15(14)16)12-4-6-17-9-12/h2-3,8,12-13,17H,4-7,9-10H2,1H3. The summed E-state index contributed by atoms with van der Waals surface area (Å²) < 4.78 is 0. The molecule has 1 N–H and O–H groups in total. The van der Waals surface area contributed by atoms with Crippen molar-refractivity contribution in [3.63, 3.8) is 0 Å². The van der Waals surface area contributed by atoms with E-state index in [-0.39, 0.29) is 0 Å². The molecule has 2 fully saturated rings. The lowest BCUT2D eigenvalue weighted by Crippen LogP contribution is -2.13. The van der Waals surface area contributed by atoms with Crippen LogP contribution in [-0.2, 0) is 0 Å². The van der Waals surface area contributed by atoms with E-state index in [1.807, 2.05) is 0 Å². The van der Waals surface area contributed by atoms with Gasteiger partial charge in [-0.25, -0.2) is 0 Å². The number of likely N-dealkylation sites (N-methyl/N-ethyl adjacent to an activating group) is 1. The van der Waals surface area contributed by atoms with Crippen LogP contribution in [0.2, 0.25) is 5.02 Å². The van der Waals surface area contributed by atoms with Crippen molar-refractivity contribution in [2.75, 3.05) is 33.2 Å². The summed E-state index contributed by atoms with van der Waals surface area (Å²) in [5.74, 6) is 1.28. The smallest absolute Gasteiger partial charge is 0.0444 e. The number of rotatable bonds is 2. The molecule has 3 heteroatoms. The maximum absolute atomic E-state index is 6.50. The fraction of sp³-hybridized carbons (Fsp3) is 0.600. The summed E-state index contributed by atoms with van der Waals surface area (Å²) in [6.07, 6.45) is 2.47. The van der Waals surface area contributed by atoms with Crippen LogP contribution in [0.3, 0.4) is 0 Å². The quantitative estimate of drug-likeness (QED) is 0.884. The van der Waals surface area contributed by atoms with E-state index in [2.05, 4.69) is 35.5 Å². The Kier molecular flexibility index (Phi) is 3.60. The van der Waals surface area contributed by atoms with Gasteiger partial charge >= 0.3 is 0 Å². The van der Waals surface area contributed by atoms with E-state index in [9.17, 15) is 0 Å². The van der Waals surface area contributed by atoms with Gasteiger partial charge in [0.25, 0.3) is 0 Å². The monoisotopic (exact) mass is 264 g/mol. The van der Waals surface area contributed by atoms with Gasteiger partial charge < -0.3 is 10.2 Å². The van der Waals surface area contributed by atoms with Gasteiger partial charge in [-0.2, -0.15) is 0 Å². The maximum atomic E-state index is 6.50. The molecule has 0 amide bonds. The lowest BCUT2D eigenvalue weighted by molar-refractivity contribution is 0.411. The summed E-state index contributed by atoms with van der Waals surface area (Å²) in [4.78, 5) is 2.38. The van der Waals surface area contributed by atoms with Crippen molar-refractivity contribution in [3.05, 3.63) is 34.3 Å². The van der Waals surface area contributed by atoms with Crippen molar-refractivity contribution in [1.29, 1.82) is 0 Å². The minimum absolute atomic E-state index is 0.623. The summed E-state index contributed by atoms with van der Waals surface area (Å²) in [6, 6.07) is 6.75. The normalized spacial score (nSPS) is 29.0. The third-order valence-electron chi connectivity index (χ3n) is 4.39. The summed E-state index contributed by atoms with van der Waals surface area (Å²) in [7, 11) is 2.19. The van der Waals surface area contributed by atoms with Crippen molar-refractivity contribution in [1.82, 2.24) is 10.2 Å². The van der Waals surface area contributed by atoms with Gasteiger partial charge in [0.2, 0.25) is 0 Å². The van der Waals surface area contributed by atoms with Crippen molar-refractivity contribution in [2.24, 2.45) is 0 Å². The molecular formula is C15H21ClN2. The number of hydrogen-bond donors (Lipinski definition) is 1. The molecule has 98 valence electrons. The zero-order chi connectivity index (χ0) is 12.5. The predicted molar refractivity (Wildman–Crippen MR) is 76.5 cm³/mol. The van der Waals surface area contributed by atoms with E-state index >= 15 is 0 Å². The summed E-state index contributed by atoms with van der Waals surface area (Å²) in [6.45, 7) is 4.57. The Morgan fingerprint density at radius 3 is 2.78 bits per heavy atom. The second-order valence-corrected chi connectivity index (χ2v) is 6.13. The Hall–Kier alpha value is -0.570. The van der Waals surface area contributed by atoms with Gasteiger partial charge in [0.15, 0.2) is 0 Å². The first kappa shape index (κ1) is 12.5. The minimum atomic E-state index is 0.623. The highest BCUT2D eigenvalue weighted by atomic mass is 35.5. The van der Waals surface area contributed by atoms with Crippen LogP contribution >= 0.6 is 11.6 Å². The fourth-order valence-corrected chi connectivity index (χ4v) is 3.60. The van der Waals surface area contributed by atoms with Crippen molar-refractivity contribution in [2.45, 2.75) is 24.7 Å². The van der Waals surface area contributed by atoms with Crippen molar-refractivity contribution >= 4 is 11.6 Å². The van der Waals surface area contributed by atoms with Crippen molar-refractivity contribution < 1.29 is 0 Å². The molecule has 3 rings (SSSR count). The number of nitrogens with zero attached hydrogens (tertiary/aromatic N) is 1. The fourth-order valence-electron chi connectivity index (χ4n) is 3.26. The third-order valence-corrected chi connectivity index (χ3v) is 4.71. The van der Waals surface area contributed by atoms with Gasteiger partial charge in [-0.15, -0.1) is 0 Å². The van der Waals surface area contributed by atoms with Crippen LogP contribution in [-0.4, -0.2) is 38.1 Å². The molecule has 2 aliphatic heterocycles. The molecule has 0 aromatic heterocycles. The Morgan fingerprint density at radius 1 is 1.28 bits per heavy atom. The molecule has 0 bridgehead atoms. The zero-order valence-electron chi connectivity index (χ0n) is 11.0. The highest BCUT2D eigenvalue weighted by Crippen LogP contribution is 2.34. The third kappa shape index (κ3) is 2.42. The molecule has 2 unspecified atom stereocenters. The molecule has 1 aromatic carbocycles. The van der Waals surface area contributed by atoms with Crippen LogP contribution in [0.15, 0.2) is 18.2 Å². The number of likely N-dealkylation sites (tertiary alicyclic amines) is 1. The number of nitrogens with one attached hydrogen (secondary N) is 1. The van der Waals surface area contributed by atoms with E-state index in [1.165, 1.54) is 30.5 Å². The van der Waals surface area contributed by atoms with Gasteiger partial charge in [-0.05, 0) is 62.0 Å². The first-order valence-corrected chi connectivity index (χ1v) is 7.30. The molecule has 2 aliphatic rings. The van der Waals surface area contributed by atoms with E-state index in [4.69, 9.17) is 11.6 Å². The molecule has 2 atom stereocenters. The molecular weight excluding hydrogens is 244 g/mol. The average Bonchev–Trinajstić information content (AvgIpc) is 2.99. The van der Waals surface area contributed by atoms with Crippen LogP contribution < -0.4 is 5.32 Å². The van der Waals surface area contributed by atoms with Crippen LogP contribution in [0.25, 0.3) is 0 Å². The zero-order valence-corrected chi connectivity index (χ0v) is 11.7. The Morgan fingerprint density at radius 2 is 2.17 bits per heavy atom. The molecule has 1 aromatic rings. The molecule has 0 radical (unpaired) electrons. The summed E-state index contributed by atoms with van der Waals surface area (Å²) in [5.41, 5.74) is 2.75. The Balaban J connectivity index is 1.80. The lowest BCUT2D eigenvalue weighted by atomic mass is 9.93. The molecule has 2 nitrogen and oxygen atoms in total. The molecule has 2 saturated heterocycles. The van der Waals surface area contributed by atoms with Crippen LogP contribution in [0, 0.1) is 0 Å². The Bertz CT molecular complexity index is 427. The molecule has 0 saturated carbocycles. The molecule has 0 spiro atoms. The second-order valence-electron chi connectivity index (χ2n) is 5.72. The first-order valence-electron chi connectivity index (χ1n) is 6.92. The molecule has 2 heterocycles. The first-order chi connectivity index (χ1) is 8.74. The topological polar surface area (TPSA) is 15.3 Å². The molecule has 18 heavy (non-hydrogen) atoms. The van der Waals surface area contributed by atoms with E-state index in [0.717, 1.165) is 24.7 Å². The average molecular weight is 265 g/mol. The maximum Gasteiger partial charge on any atom is 0.0444 e. The summed E-state index contributed by atoms with van der Waals surface area (Å²) >= 11 is 6.50. The molecule has 0 aliphatic carbocycles. The van der Waals surface area contributed by atoms with Crippen molar-refractivity contribution in [3.8, 4) is 0 Å². The number of benzene rings is 1. The SMILES string of the molecule is CN1CCC(c2ccc(C3CCNC3)cc2Cl)C1. The van der Waals surface area contributed by atoms with Crippen LogP contribution in [0.4, 0.5) is 0 Å². The van der Waals surface area contributed by atoms with Crippen LogP contribution in [0.1, 0.15) is 35.8 Å². The van der Waals surface area contributed by atoms with E-state index in [1.54, 1.807) is 0 Å². The van der Waals surface area contributed by atoms with Crippen LogP contribution in [0.5, 0.6) is 0 Å². The lowest BCUT2D eigenvalue weighted by Gasteiger charge is -2.16. The number of hydrogen-bond acceptors (Lipinski definition) is 2. The predicted octanol–water partition coefficient (Wildman–Crippen LogP) is 2.84. The van der Waals surface area contributed by atoms with Gasteiger partial charge in [-0.3, -0.25) is 0 Å². The van der Waals surface area contributed by atoms with Gasteiger partial charge in [0, 0.05) is 18.1 Å². The van der Waals surface area contributed by atoms with E-state index in [0.29, 0.717) is 11.8 Å². The van der Waals surface area contributed by atoms with Gasteiger partial charge in [-0.1, -0.05) is 23.7 Å². The number of halogens is 1. The van der Waals surface area contributed by atoms with Gasteiger partial charge in [0.05, 0.1) is 0 Å². The largest absolute Gasteiger partial charge is 0.316 e. The van der Waals surface area contributed by atoms with E-state index < -0.39 is 0 Å². The highest BCUT2D eigenvalue weighted by molar-refractivity contribution is 6.31. The summed E-state index contributed by atoms with van der Waals surface area (Å²) in [5, 5.41) is 4.39. The highest BCUT2D eigenvalue weighted by Gasteiger charge is 2.24. The Labute approximate surface area is 114 Å². The van der Waals surface area contributed by atoms with Gasteiger partial charge in [0.1, 0.15) is 0 Å². The second kappa shape index (κ2) is 5.20. The minimum Gasteiger partial charge on any atom is -0.316 e.